The van der Waals surface area contributed by atoms with Gasteiger partial charge in [0, 0.05) is 43.4 Å². The van der Waals surface area contributed by atoms with Gasteiger partial charge in [0.1, 0.15) is 5.56 Å². The Balaban J connectivity index is 1.61. The van der Waals surface area contributed by atoms with Crippen LogP contribution < -0.4 is 15.4 Å². The van der Waals surface area contributed by atoms with Crippen LogP contribution in [-0.4, -0.2) is 33.7 Å². The molecule has 3 aromatic rings. The molecule has 0 fully saturated rings. The molecule has 3 rings (SSSR count). The fourth-order valence-electron chi connectivity index (χ4n) is 2.46. The Bertz CT molecular complexity index is 936. The lowest BCUT2D eigenvalue weighted by molar-refractivity contribution is 0.0950. The predicted molar refractivity (Wildman–Crippen MR) is 99.6 cm³/mol. The minimum Gasteiger partial charge on any atom is -0.479 e. The van der Waals surface area contributed by atoms with Crippen LogP contribution in [0.1, 0.15) is 26.3 Å². The number of anilines is 1. The van der Waals surface area contributed by atoms with E-state index in [0.29, 0.717) is 23.4 Å². The van der Waals surface area contributed by atoms with Gasteiger partial charge in [-0.25, -0.2) is 0 Å². The van der Waals surface area contributed by atoms with Crippen molar-refractivity contribution < 1.29 is 14.3 Å². The second kappa shape index (κ2) is 8.13. The lowest BCUT2D eigenvalue weighted by atomic mass is 10.2. The normalized spacial score (nSPS) is 10.3. The van der Waals surface area contributed by atoms with Gasteiger partial charge in [-0.3, -0.25) is 19.3 Å². The number of hydrogen-bond donors (Lipinski definition) is 2. The summed E-state index contributed by atoms with van der Waals surface area (Å²) < 4.78 is 6.59. The topological polar surface area (TPSA) is 98.1 Å². The van der Waals surface area contributed by atoms with Crippen molar-refractivity contribution in [3.63, 3.8) is 0 Å². The smallest absolute Gasteiger partial charge is 0.262 e. The van der Waals surface area contributed by atoms with Gasteiger partial charge in [0.25, 0.3) is 11.8 Å². The Hall–Kier alpha value is -3.68. The van der Waals surface area contributed by atoms with Crippen LogP contribution in [0.25, 0.3) is 0 Å². The third-order valence-electron chi connectivity index (χ3n) is 3.84. The molecule has 0 aliphatic heterocycles. The molecular weight excluding hydrogens is 346 g/mol. The standard InChI is InChI=1S/C19H19N5O3/c1-24-12-16(19(23-24)27-2)18(26)22-15-5-3-14(4-6-15)17(25)21-11-13-7-9-20-10-8-13/h3-10,12H,11H2,1-2H3,(H,21,25)(H,22,26). The summed E-state index contributed by atoms with van der Waals surface area (Å²) in [5, 5.41) is 9.65. The molecular formula is C19H19N5O3. The van der Waals surface area contributed by atoms with Gasteiger partial charge < -0.3 is 15.4 Å². The van der Waals surface area contributed by atoms with Gasteiger partial charge in [-0.1, -0.05) is 0 Å². The minimum absolute atomic E-state index is 0.196. The van der Waals surface area contributed by atoms with Crippen LogP contribution in [0.3, 0.4) is 0 Å². The quantitative estimate of drug-likeness (QED) is 0.696. The largest absolute Gasteiger partial charge is 0.479 e. The number of carbonyl (C=O) groups excluding carboxylic acids is 2. The number of methoxy groups -OCH3 is 1. The second-order valence-electron chi connectivity index (χ2n) is 5.80. The van der Waals surface area contributed by atoms with E-state index in [-0.39, 0.29) is 17.7 Å². The molecule has 0 saturated carbocycles. The summed E-state index contributed by atoms with van der Waals surface area (Å²) in [4.78, 5) is 28.5. The average Bonchev–Trinajstić information content (AvgIpc) is 3.08. The molecule has 0 saturated heterocycles. The Labute approximate surface area is 156 Å². The highest BCUT2D eigenvalue weighted by molar-refractivity contribution is 6.06. The molecule has 0 aliphatic rings. The highest BCUT2D eigenvalue weighted by Crippen LogP contribution is 2.17. The Morgan fingerprint density at radius 1 is 1.07 bits per heavy atom. The van der Waals surface area contributed by atoms with Crippen LogP contribution in [-0.2, 0) is 13.6 Å². The van der Waals surface area contributed by atoms with Crippen LogP contribution in [0.15, 0.2) is 55.0 Å². The molecule has 2 amide bonds. The fraction of sp³-hybridized carbons (Fsp3) is 0.158. The van der Waals surface area contributed by atoms with Crippen molar-refractivity contribution in [2.24, 2.45) is 7.05 Å². The number of nitrogens with one attached hydrogen (secondary N) is 2. The number of ether oxygens (including phenoxy) is 1. The molecule has 0 spiro atoms. The first-order valence-electron chi connectivity index (χ1n) is 8.23. The zero-order valence-corrected chi connectivity index (χ0v) is 15.0. The summed E-state index contributed by atoms with van der Waals surface area (Å²) in [6.07, 6.45) is 4.93. The van der Waals surface area contributed by atoms with E-state index in [0.717, 1.165) is 5.56 Å². The highest BCUT2D eigenvalue weighted by atomic mass is 16.5. The number of hydrogen-bond acceptors (Lipinski definition) is 5. The van der Waals surface area contributed by atoms with E-state index in [4.69, 9.17) is 4.74 Å². The molecule has 0 bridgehead atoms. The number of aryl methyl sites for hydroxylation is 1. The van der Waals surface area contributed by atoms with Gasteiger partial charge in [0.15, 0.2) is 0 Å². The van der Waals surface area contributed by atoms with Crippen LogP contribution in [0.2, 0.25) is 0 Å². The molecule has 0 aliphatic carbocycles. The van der Waals surface area contributed by atoms with Crippen molar-refractivity contribution in [1.29, 1.82) is 0 Å². The van der Waals surface area contributed by atoms with Crippen LogP contribution in [0.5, 0.6) is 5.88 Å². The molecule has 138 valence electrons. The van der Waals surface area contributed by atoms with Crippen molar-refractivity contribution in [1.82, 2.24) is 20.1 Å². The first kappa shape index (κ1) is 18.1. The van der Waals surface area contributed by atoms with E-state index >= 15 is 0 Å². The van der Waals surface area contributed by atoms with Gasteiger partial charge in [-0.2, -0.15) is 0 Å². The van der Waals surface area contributed by atoms with Gasteiger partial charge >= 0.3 is 0 Å². The second-order valence-corrected chi connectivity index (χ2v) is 5.80. The summed E-state index contributed by atoms with van der Waals surface area (Å²) in [6.45, 7) is 0.417. The lowest BCUT2D eigenvalue weighted by Gasteiger charge is -2.07. The average molecular weight is 365 g/mol. The lowest BCUT2D eigenvalue weighted by Crippen LogP contribution is -2.22. The molecule has 8 heteroatoms. The fourth-order valence-corrected chi connectivity index (χ4v) is 2.46. The maximum Gasteiger partial charge on any atom is 0.262 e. The van der Waals surface area contributed by atoms with E-state index < -0.39 is 0 Å². The third-order valence-corrected chi connectivity index (χ3v) is 3.84. The summed E-state index contributed by atoms with van der Waals surface area (Å²) in [7, 11) is 3.16. The van der Waals surface area contributed by atoms with Crippen molar-refractivity contribution in [3.8, 4) is 5.88 Å². The molecule has 2 aromatic heterocycles. The molecule has 8 nitrogen and oxygen atoms in total. The maximum absolute atomic E-state index is 12.4. The Morgan fingerprint density at radius 3 is 2.44 bits per heavy atom. The summed E-state index contributed by atoms with van der Waals surface area (Å²) in [5.41, 5.74) is 2.37. The van der Waals surface area contributed by atoms with Gasteiger partial charge in [-0.15, -0.1) is 5.10 Å². The monoisotopic (exact) mass is 365 g/mol. The maximum atomic E-state index is 12.4. The summed E-state index contributed by atoms with van der Waals surface area (Å²) in [5.74, 6) is -0.282. The third kappa shape index (κ3) is 4.49. The van der Waals surface area contributed by atoms with Gasteiger partial charge in [-0.05, 0) is 42.0 Å². The highest BCUT2D eigenvalue weighted by Gasteiger charge is 2.16. The van der Waals surface area contributed by atoms with E-state index in [1.165, 1.54) is 11.8 Å². The van der Waals surface area contributed by atoms with Crippen LogP contribution >= 0.6 is 0 Å². The number of pyridine rings is 1. The molecule has 1 aromatic carbocycles. The first-order chi connectivity index (χ1) is 13.1. The Kier molecular flexibility index (Phi) is 5.46. The van der Waals surface area contributed by atoms with E-state index in [9.17, 15) is 9.59 Å². The molecule has 0 radical (unpaired) electrons. The molecule has 27 heavy (non-hydrogen) atoms. The van der Waals surface area contributed by atoms with Crippen LogP contribution in [0, 0.1) is 0 Å². The van der Waals surface area contributed by atoms with Crippen molar-refractivity contribution in [2.75, 3.05) is 12.4 Å². The van der Waals surface area contributed by atoms with E-state index in [2.05, 4.69) is 20.7 Å². The van der Waals surface area contributed by atoms with Gasteiger partial charge in [0.2, 0.25) is 5.88 Å². The summed E-state index contributed by atoms with van der Waals surface area (Å²) in [6, 6.07) is 10.3. The zero-order chi connectivity index (χ0) is 19.2. The molecule has 2 N–H and O–H groups in total. The minimum atomic E-state index is -0.338. The number of rotatable bonds is 6. The first-order valence-corrected chi connectivity index (χ1v) is 8.23. The SMILES string of the molecule is COc1nn(C)cc1C(=O)Nc1ccc(C(=O)NCc2ccncc2)cc1. The van der Waals surface area contributed by atoms with Crippen molar-refractivity contribution >= 4 is 17.5 Å². The van der Waals surface area contributed by atoms with Gasteiger partial charge in [0.05, 0.1) is 7.11 Å². The van der Waals surface area contributed by atoms with E-state index in [1.807, 2.05) is 12.1 Å². The molecule has 0 atom stereocenters. The summed E-state index contributed by atoms with van der Waals surface area (Å²) >= 11 is 0. The van der Waals surface area contributed by atoms with E-state index in [1.54, 1.807) is 49.9 Å². The Morgan fingerprint density at radius 2 is 1.78 bits per heavy atom. The van der Waals surface area contributed by atoms with Crippen molar-refractivity contribution in [3.05, 3.63) is 71.7 Å². The number of aromatic nitrogens is 3. The number of nitrogens with zero attached hydrogens (tertiary/aromatic N) is 3. The van der Waals surface area contributed by atoms with Crippen LogP contribution in [0.4, 0.5) is 5.69 Å². The predicted octanol–water partition coefficient (Wildman–Crippen LogP) is 2.01. The number of carbonyl (C=O) groups is 2. The zero-order valence-electron chi connectivity index (χ0n) is 15.0. The molecule has 0 unspecified atom stereocenters. The number of amides is 2. The van der Waals surface area contributed by atoms with Crippen molar-refractivity contribution in [2.45, 2.75) is 6.54 Å². The molecule has 2 heterocycles. The number of benzene rings is 1.